The monoisotopic (exact) mass is 464 g/mol. The molecule has 0 unspecified atom stereocenters. The molecular weight excluding hydrogens is 444 g/mol. The molecule has 0 radical (unpaired) electrons. The van der Waals surface area contributed by atoms with E-state index in [-0.39, 0.29) is 12.3 Å². The van der Waals surface area contributed by atoms with Crippen LogP contribution in [0.2, 0.25) is 0 Å². The predicted molar refractivity (Wildman–Crippen MR) is 118 cm³/mol. The van der Waals surface area contributed by atoms with E-state index in [9.17, 15) is 4.79 Å². The third-order valence-electron chi connectivity index (χ3n) is 3.97. The lowest BCUT2D eigenvalue weighted by atomic mass is 10.1. The van der Waals surface area contributed by atoms with Crippen LogP contribution in [0.3, 0.4) is 0 Å². The van der Waals surface area contributed by atoms with Gasteiger partial charge >= 0.3 is 0 Å². The van der Waals surface area contributed by atoms with Crippen molar-refractivity contribution >= 4 is 55.2 Å². The molecule has 27 heavy (non-hydrogen) atoms. The fourth-order valence-corrected chi connectivity index (χ4v) is 4.71. The summed E-state index contributed by atoms with van der Waals surface area (Å²) in [6.45, 7) is 3.41. The lowest BCUT2D eigenvalue weighted by Gasteiger charge is -2.04. The van der Waals surface area contributed by atoms with Crippen LogP contribution in [0.15, 0.2) is 51.9 Å². The van der Waals surface area contributed by atoms with Crippen LogP contribution in [0.5, 0.6) is 5.75 Å². The Labute approximate surface area is 175 Å². The van der Waals surface area contributed by atoms with E-state index in [4.69, 9.17) is 4.74 Å². The first-order valence-corrected chi connectivity index (χ1v) is 11.7. The molecule has 1 aromatic heterocycles. The molecule has 0 bridgehead atoms. The molecule has 2 aromatic carbocycles. The highest BCUT2D eigenvalue weighted by Crippen LogP contribution is 2.22. The lowest BCUT2D eigenvalue weighted by Crippen LogP contribution is -2.18. The molecule has 0 N–H and O–H groups in total. The highest BCUT2D eigenvalue weighted by molar-refractivity contribution is 9.10. The summed E-state index contributed by atoms with van der Waals surface area (Å²) in [4.78, 5) is 17.7. The third kappa shape index (κ3) is 5.24. The summed E-state index contributed by atoms with van der Waals surface area (Å²) in [7, 11) is 0. The normalized spacial score (nSPS) is 11.9. The van der Waals surface area contributed by atoms with Gasteiger partial charge in [0.25, 0.3) is 5.91 Å². The number of rotatable bonds is 7. The number of carbonyl (C=O) groups is 1. The molecule has 7 heteroatoms. The average molecular weight is 465 g/mol. The molecule has 0 aliphatic carbocycles. The van der Waals surface area contributed by atoms with E-state index in [1.54, 1.807) is 23.1 Å². The van der Waals surface area contributed by atoms with Crippen molar-refractivity contribution in [1.82, 2.24) is 4.57 Å². The maximum atomic E-state index is 12.5. The van der Waals surface area contributed by atoms with Crippen LogP contribution >= 0.6 is 39.0 Å². The van der Waals surface area contributed by atoms with Gasteiger partial charge in [-0.05, 0) is 49.1 Å². The molecule has 3 rings (SSSR count). The molecule has 0 aliphatic rings. The number of aryl methyl sites for hydroxylation is 1. The van der Waals surface area contributed by atoms with Crippen molar-refractivity contribution in [2.24, 2.45) is 4.99 Å². The Morgan fingerprint density at radius 1 is 1.26 bits per heavy atom. The van der Waals surface area contributed by atoms with Crippen molar-refractivity contribution in [2.45, 2.75) is 19.9 Å². The maximum absolute atomic E-state index is 12.5. The Kier molecular flexibility index (Phi) is 7.15. The van der Waals surface area contributed by atoms with Crippen molar-refractivity contribution in [2.75, 3.05) is 18.6 Å². The quantitative estimate of drug-likeness (QED) is 0.499. The van der Waals surface area contributed by atoms with Gasteiger partial charge in [0.2, 0.25) is 0 Å². The molecular formula is C20H21BrN2O2S2. The van der Waals surface area contributed by atoms with E-state index in [0.717, 1.165) is 43.1 Å². The van der Waals surface area contributed by atoms with E-state index < -0.39 is 0 Å². The van der Waals surface area contributed by atoms with E-state index >= 15 is 0 Å². The van der Waals surface area contributed by atoms with Gasteiger partial charge in [0.05, 0.1) is 23.2 Å². The number of nitrogens with zero attached hydrogens (tertiary/aromatic N) is 2. The third-order valence-corrected chi connectivity index (χ3v) is 6.10. The smallest absolute Gasteiger partial charge is 0.252 e. The van der Waals surface area contributed by atoms with Crippen LogP contribution in [-0.2, 0) is 17.8 Å². The minimum Gasteiger partial charge on any atom is -0.494 e. The molecule has 0 atom stereocenters. The first-order valence-electron chi connectivity index (χ1n) is 8.68. The van der Waals surface area contributed by atoms with E-state index in [2.05, 4.69) is 43.9 Å². The van der Waals surface area contributed by atoms with Crippen LogP contribution in [0.25, 0.3) is 10.2 Å². The van der Waals surface area contributed by atoms with Gasteiger partial charge in [0.1, 0.15) is 5.75 Å². The fourth-order valence-electron chi connectivity index (χ4n) is 2.72. The molecule has 0 saturated carbocycles. The van der Waals surface area contributed by atoms with Gasteiger partial charge in [-0.25, -0.2) is 0 Å². The minimum absolute atomic E-state index is 0.136. The molecule has 0 saturated heterocycles. The topological polar surface area (TPSA) is 43.6 Å². The van der Waals surface area contributed by atoms with Crippen LogP contribution < -0.4 is 9.54 Å². The number of halogens is 1. The number of carbonyl (C=O) groups excluding carboxylic acids is 1. The Balaban J connectivity index is 1.88. The van der Waals surface area contributed by atoms with E-state index in [1.807, 2.05) is 37.3 Å². The number of hydrogen-bond donors (Lipinski definition) is 0. The number of fused-ring (bicyclic) bond motifs is 1. The van der Waals surface area contributed by atoms with Gasteiger partial charge < -0.3 is 9.30 Å². The summed E-state index contributed by atoms with van der Waals surface area (Å²) >= 11 is 6.85. The first kappa shape index (κ1) is 20.2. The second-order valence-corrected chi connectivity index (χ2v) is 8.81. The van der Waals surface area contributed by atoms with Crippen molar-refractivity contribution in [3.63, 3.8) is 0 Å². The van der Waals surface area contributed by atoms with Gasteiger partial charge in [-0.3, -0.25) is 4.79 Å². The number of benzene rings is 2. The van der Waals surface area contributed by atoms with Gasteiger partial charge in [-0.1, -0.05) is 39.4 Å². The number of aromatic nitrogens is 1. The zero-order valence-corrected chi connectivity index (χ0v) is 18.5. The van der Waals surface area contributed by atoms with Gasteiger partial charge in [0, 0.05) is 16.8 Å². The Bertz CT molecular complexity index is 993. The molecule has 0 spiro atoms. The average Bonchev–Trinajstić information content (AvgIpc) is 2.97. The zero-order valence-electron chi connectivity index (χ0n) is 15.3. The van der Waals surface area contributed by atoms with Gasteiger partial charge in [-0.2, -0.15) is 16.8 Å². The summed E-state index contributed by atoms with van der Waals surface area (Å²) in [5.41, 5.74) is 2.05. The van der Waals surface area contributed by atoms with E-state index in [1.165, 1.54) is 0 Å². The zero-order chi connectivity index (χ0) is 19.2. The maximum Gasteiger partial charge on any atom is 0.252 e. The largest absolute Gasteiger partial charge is 0.494 e. The number of thiazole rings is 1. The van der Waals surface area contributed by atoms with Crippen LogP contribution in [0.4, 0.5) is 0 Å². The van der Waals surface area contributed by atoms with Gasteiger partial charge in [0.15, 0.2) is 4.80 Å². The lowest BCUT2D eigenvalue weighted by molar-refractivity contribution is -0.117. The van der Waals surface area contributed by atoms with Crippen LogP contribution in [0.1, 0.15) is 12.5 Å². The highest BCUT2D eigenvalue weighted by Gasteiger charge is 2.09. The summed E-state index contributed by atoms with van der Waals surface area (Å²) in [6.07, 6.45) is 2.37. The summed E-state index contributed by atoms with van der Waals surface area (Å²) in [6, 6.07) is 13.8. The number of thioether (sulfide) groups is 1. The first-order chi connectivity index (χ1) is 13.1. The highest BCUT2D eigenvalue weighted by atomic mass is 79.9. The number of hydrogen-bond acceptors (Lipinski definition) is 4. The molecule has 1 amide bonds. The van der Waals surface area contributed by atoms with E-state index in [0.29, 0.717) is 6.61 Å². The van der Waals surface area contributed by atoms with Crippen molar-refractivity contribution in [3.05, 3.63) is 57.3 Å². The summed E-state index contributed by atoms with van der Waals surface area (Å²) < 4.78 is 9.73. The standard InChI is InChI=1S/C20H21BrN2O2S2/c1-3-25-16-7-4-14(5-8-16)12-19(24)22-20-23(10-11-26-2)17-9-6-15(21)13-18(17)27-20/h4-9,13H,3,10-12H2,1-2H3. The van der Waals surface area contributed by atoms with Crippen molar-refractivity contribution < 1.29 is 9.53 Å². The number of ether oxygens (including phenoxy) is 1. The second-order valence-electron chi connectivity index (χ2n) is 5.90. The second kappa shape index (κ2) is 9.57. The molecule has 4 nitrogen and oxygen atoms in total. The molecule has 0 aliphatic heterocycles. The van der Waals surface area contributed by atoms with Crippen molar-refractivity contribution in [3.8, 4) is 5.75 Å². The van der Waals surface area contributed by atoms with Crippen LogP contribution in [-0.4, -0.2) is 29.1 Å². The number of amides is 1. The molecule has 0 fully saturated rings. The Hall–Kier alpha value is -1.57. The van der Waals surface area contributed by atoms with Gasteiger partial charge in [-0.15, -0.1) is 0 Å². The fraction of sp³-hybridized carbons (Fsp3) is 0.300. The molecule has 142 valence electrons. The van der Waals surface area contributed by atoms with Crippen LogP contribution in [0, 0.1) is 0 Å². The molecule has 1 heterocycles. The Morgan fingerprint density at radius 2 is 2.04 bits per heavy atom. The summed E-state index contributed by atoms with van der Waals surface area (Å²) in [5, 5.41) is 0. The molecule has 3 aromatic rings. The van der Waals surface area contributed by atoms with Crippen molar-refractivity contribution in [1.29, 1.82) is 0 Å². The Morgan fingerprint density at radius 3 is 2.74 bits per heavy atom. The minimum atomic E-state index is -0.136. The SMILES string of the molecule is CCOc1ccc(CC(=O)N=c2sc3cc(Br)ccc3n2CCSC)cc1. The predicted octanol–water partition coefficient (Wildman–Crippen LogP) is 4.90. The summed E-state index contributed by atoms with van der Waals surface area (Å²) in [5.74, 6) is 1.65.